The van der Waals surface area contributed by atoms with Crippen molar-refractivity contribution in [2.75, 3.05) is 45.1 Å². The Labute approximate surface area is 173 Å². The fourth-order valence-corrected chi connectivity index (χ4v) is 3.70. The van der Waals surface area contributed by atoms with Gasteiger partial charge in [0.1, 0.15) is 0 Å². The molecule has 0 aromatic heterocycles. The summed E-state index contributed by atoms with van der Waals surface area (Å²) in [7, 11) is 8.59. The van der Waals surface area contributed by atoms with Gasteiger partial charge in [-0.2, -0.15) is 13.2 Å². The number of hydrogen-bond donors (Lipinski definition) is 0. The molecule has 2 aromatic carbocycles. The van der Waals surface area contributed by atoms with Crippen LogP contribution < -0.4 is 9.80 Å². The minimum Gasteiger partial charge on any atom is -0.377 e. The van der Waals surface area contributed by atoms with E-state index in [1.807, 2.05) is 55.2 Å². The zero-order valence-electron chi connectivity index (χ0n) is 17.5. The van der Waals surface area contributed by atoms with Crippen molar-refractivity contribution >= 4 is 23.0 Å². The second kappa shape index (κ2) is 8.02. The molecule has 1 heterocycles. The molecule has 0 bridgehead atoms. The third-order valence-corrected chi connectivity index (χ3v) is 5.18. The first-order valence-corrected chi connectivity index (χ1v) is 9.29. The van der Waals surface area contributed by atoms with E-state index >= 15 is 0 Å². The highest BCUT2D eigenvalue weighted by atomic mass is 19.4. The number of carbonyl (C=O) groups excluding carboxylic acids is 1. The molecule has 1 atom stereocenters. The lowest BCUT2D eigenvalue weighted by Crippen LogP contribution is -2.46. The number of likely N-dealkylation sites (N-methyl/N-ethyl adjacent to an activating group) is 2. The van der Waals surface area contributed by atoms with Gasteiger partial charge < -0.3 is 19.4 Å². The lowest BCUT2D eigenvalue weighted by Gasteiger charge is -2.40. The molecular formula is C22H24F3N3O2. The maximum absolute atomic E-state index is 13.5. The van der Waals surface area contributed by atoms with Crippen LogP contribution in [0, 0.1) is 0 Å². The van der Waals surface area contributed by atoms with E-state index < -0.39 is 18.0 Å². The molecule has 2 aromatic rings. The fraction of sp³-hybridized carbons (Fsp3) is 0.318. The lowest BCUT2D eigenvalue weighted by molar-refractivity contribution is -0.137. The first kappa shape index (κ1) is 21.7. The van der Waals surface area contributed by atoms with Gasteiger partial charge in [0, 0.05) is 52.2 Å². The normalized spacial score (nSPS) is 16.4. The number of alkyl halides is 3. The van der Waals surface area contributed by atoms with Crippen LogP contribution >= 0.6 is 0 Å². The van der Waals surface area contributed by atoms with Crippen molar-refractivity contribution in [3.63, 3.8) is 0 Å². The molecule has 160 valence electrons. The second-order valence-corrected chi connectivity index (χ2v) is 7.28. The van der Waals surface area contributed by atoms with Crippen molar-refractivity contribution in [2.45, 2.75) is 12.4 Å². The summed E-state index contributed by atoms with van der Waals surface area (Å²) in [4.78, 5) is 18.6. The SMILES string of the molecule is COC1C(C(=O)N(C)c2ccc(C(F)(F)F)cc2)=C(N(C)C)c2ccccc2N1C. The predicted octanol–water partition coefficient (Wildman–Crippen LogP) is 4.06. The molecule has 0 saturated heterocycles. The predicted molar refractivity (Wildman–Crippen MR) is 111 cm³/mol. The molecule has 1 unspecified atom stereocenters. The number of hydrogen-bond acceptors (Lipinski definition) is 4. The van der Waals surface area contributed by atoms with Gasteiger partial charge in [0.15, 0.2) is 6.23 Å². The summed E-state index contributed by atoms with van der Waals surface area (Å²) in [5.41, 5.74) is 2.51. The van der Waals surface area contributed by atoms with Gasteiger partial charge in [0.25, 0.3) is 5.91 Å². The van der Waals surface area contributed by atoms with E-state index in [9.17, 15) is 18.0 Å². The largest absolute Gasteiger partial charge is 0.416 e. The van der Waals surface area contributed by atoms with Crippen LogP contribution in [0.25, 0.3) is 5.70 Å². The van der Waals surface area contributed by atoms with Crippen molar-refractivity contribution in [1.29, 1.82) is 0 Å². The number of amides is 1. The maximum Gasteiger partial charge on any atom is 0.416 e. The summed E-state index contributed by atoms with van der Waals surface area (Å²) in [6.07, 6.45) is -5.08. The third kappa shape index (κ3) is 3.75. The Balaban J connectivity index is 2.09. The lowest BCUT2D eigenvalue weighted by atomic mass is 9.95. The second-order valence-electron chi connectivity index (χ2n) is 7.28. The zero-order valence-corrected chi connectivity index (χ0v) is 17.5. The molecule has 1 aliphatic rings. The molecule has 8 heteroatoms. The molecule has 0 spiro atoms. The van der Waals surface area contributed by atoms with E-state index in [-0.39, 0.29) is 5.91 Å². The molecule has 30 heavy (non-hydrogen) atoms. The smallest absolute Gasteiger partial charge is 0.377 e. The van der Waals surface area contributed by atoms with Gasteiger partial charge in [-0.15, -0.1) is 0 Å². The number of fused-ring (bicyclic) bond motifs is 1. The molecule has 3 rings (SSSR count). The summed E-state index contributed by atoms with van der Waals surface area (Å²) in [6, 6.07) is 12.2. The summed E-state index contributed by atoms with van der Waals surface area (Å²) in [5.74, 6) is -0.355. The molecular weight excluding hydrogens is 395 g/mol. The minimum atomic E-state index is -4.43. The van der Waals surface area contributed by atoms with Crippen molar-refractivity contribution in [3.8, 4) is 0 Å². The average molecular weight is 419 g/mol. The van der Waals surface area contributed by atoms with Crippen LogP contribution in [0.4, 0.5) is 24.5 Å². The number of carbonyl (C=O) groups is 1. The van der Waals surface area contributed by atoms with Crippen LogP contribution in [0.15, 0.2) is 54.1 Å². The van der Waals surface area contributed by atoms with Crippen LogP contribution in [-0.4, -0.2) is 52.3 Å². The van der Waals surface area contributed by atoms with Gasteiger partial charge in [0.2, 0.25) is 0 Å². The molecule has 1 aliphatic heterocycles. The Kier molecular flexibility index (Phi) is 5.81. The Morgan fingerprint density at radius 2 is 1.63 bits per heavy atom. The summed E-state index contributed by atoms with van der Waals surface area (Å²) in [5, 5.41) is 0. The summed E-state index contributed by atoms with van der Waals surface area (Å²) in [6.45, 7) is 0. The van der Waals surface area contributed by atoms with E-state index in [0.29, 0.717) is 17.0 Å². The van der Waals surface area contributed by atoms with Gasteiger partial charge in [-0.3, -0.25) is 4.79 Å². The van der Waals surface area contributed by atoms with Crippen LogP contribution in [0.5, 0.6) is 0 Å². The average Bonchev–Trinajstić information content (AvgIpc) is 2.71. The van der Waals surface area contributed by atoms with Crippen molar-refractivity contribution < 1.29 is 22.7 Å². The highest BCUT2D eigenvalue weighted by Crippen LogP contribution is 2.39. The van der Waals surface area contributed by atoms with E-state index in [2.05, 4.69) is 0 Å². The maximum atomic E-state index is 13.5. The standard InChI is InChI=1S/C22H24F3N3O2/c1-26(2)19-16-8-6-7-9-17(16)28(4)21(30-5)18(19)20(29)27(3)15-12-10-14(11-13-15)22(23,24)25/h6-13,21H,1-5H3. The van der Waals surface area contributed by atoms with Crippen LogP contribution in [0.3, 0.4) is 0 Å². The Morgan fingerprint density at radius 3 is 2.17 bits per heavy atom. The number of benzene rings is 2. The molecule has 5 nitrogen and oxygen atoms in total. The van der Waals surface area contributed by atoms with E-state index in [0.717, 1.165) is 23.4 Å². The van der Waals surface area contributed by atoms with E-state index in [1.54, 1.807) is 7.05 Å². The number of para-hydroxylation sites is 1. The van der Waals surface area contributed by atoms with E-state index in [1.165, 1.54) is 24.1 Å². The van der Waals surface area contributed by atoms with E-state index in [4.69, 9.17) is 4.74 Å². The van der Waals surface area contributed by atoms with Gasteiger partial charge in [-0.05, 0) is 30.3 Å². The number of halogens is 3. The molecule has 0 saturated carbocycles. The van der Waals surface area contributed by atoms with Crippen molar-refractivity contribution in [3.05, 3.63) is 65.2 Å². The Morgan fingerprint density at radius 1 is 1.03 bits per heavy atom. The van der Waals surface area contributed by atoms with Crippen LogP contribution in [0.2, 0.25) is 0 Å². The topological polar surface area (TPSA) is 36.0 Å². The fourth-order valence-electron chi connectivity index (χ4n) is 3.70. The highest BCUT2D eigenvalue weighted by molar-refractivity contribution is 6.12. The molecule has 0 aliphatic carbocycles. The number of nitrogens with zero attached hydrogens (tertiary/aromatic N) is 3. The van der Waals surface area contributed by atoms with Crippen LogP contribution in [0.1, 0.15) is 11.1 Å². The Bertz CT molecular complexity index is 968. The van der Waals surface area contributed by atoms with Gasteiger partial charge in [0.05, 0.1) is 16.8 Å². The number of rotatable bonds is 4. The number of methoxy groups -OCH3 is 1. The first-order valence-electron chi connectivity index (χ1n) is 9.29. The zero-order chi connectivity index (χ0) is 22.2. The summed E-state index contributed by atoms with van der Waals surface area (Å²) < 4.78 is 44.3. The van der Waals surface area contributed by atoms with Crippen LogP contribution in [-0.2, 0) is 15.7 Å². The molecule has 0 radical (unpaired) electrons. The molecule has 0 fully saturated rings. The first-order chi connectivity index (χ1) is 14.1. The monoisotopic (exact) mass is 419 g/mol. The summed E-state index contributed by atoms with van der Waals surface area (Å²) >= 11 is 0. The third-order valence-electron chi connectivity index (χ3n) is 5.18. The quantitative estimate of drug-likeness (QED) is 0.749. The van der Waals surface area contributed by atoms with Crippen molar-refractivity contribution in [1.82, 2.24) is 4.90 Å². The molecule has 1 amide bonds. The minimum absolute atomic E-state index is 0.355. The van der Waals surface area contributed by atoms with Gasteiger partial charge >= 0.3 is 6.18 Å². The number of ether oxygens (including phenoxy) is 1. The number of anilines is 2. The molecule has 0 N–H and O–H groups in total. The van der Waals surface area contributed by atoms with Crippen molar-refractivity contribution in [2.24, 2.45) is 0 Å². The highest BCUT2D eigenvalue weighted by Gasteiger charge is 2.38. The van der Waals surface area contributed by atoms with Gasteiger partial charge in [-0.25, -0.2) is 0 Å². The van der Waals surface area contributed by atoms with Gasteiger partial charge in [-0.1, -0.05) is 18.2 Å². The Hall–Kier alpha value is -3.00.